The molecular formula is C31H54O17Si4. The zero-order chi connectivity index (χ0) is 39.2. The average molecular weight is 811 g/mol. The van der Waals surface area contributed by atoms with Gasteiger partial charge in [-0.25, -0.2) is 0 Å². The van der Waals surface area contributed by atoms with Gasteiger partial charge in [-0.15, -0.1) is 0 Å². The monoisotopic (exact) mass is 810 g/mol. The third kappa shape index (κ3) is 10.1. The molecule has 0 bridgehead atoms. The Labute approximate surface area is 311 Å². The molecular weight excluding hydrogens is 757 g/mol. The van der Waals surface area contributed by atoms with Gasteiger partial charge in [0.15, 0.2) is 17.2 Å². The van der Waals surface area contributed by atoms with Gasteiger partial charge in [0.2, 0.25) is 0 Å². The van der Waals surface area contributed by atoms with E-state index in [1.54, 1.807) is 12.1 Å². The Morgan fingerprint density at radius 2 is 0.769 bits per heavy atom. The fourth-order valence-electron chi connectivity index (χ4n) is 5.29. The third-order valence-corrected chi connectivity index (χ3v) is 18.1. The van der Waals surface area contributed by atoms with Gasteiger partial charge in [-0.2, -0.15) is 0 Å². The van der Waals surface area contributed by atoms with Gasteiger partial charge in [-0.05, 0) is 37.1 Å². The maximum atomic E-state index is 14.6. The minimum absolute atomic E-state index is 0.0243. The second kappa shape index (κ2) is 21.0. The molecule has 0 saturated carbocycles. The molecule has 0 radical (unpaired) electrons. The fourth-order valence-corrected chi connectivity index (χ4v) is 11.8. The highest BCUT2D eigenvalue weighted by atomic mass is 28.4. The smallest absolute Gasteiger partial charge is 0.486 e. The van der Waals surface area contributed by atoms with Crippen molar-refractivity contribution >= 4 is 41.5 Å². The molecule has 0 aliphatic heterocycles. The largest absolute Gasteiger partial charge is 0.748 e. The molecule has 21 heteroatoms. The summed E-state index contributed by atoms with van der Waals surface area (Å²) in [6.07, 6.45) is 0.957. The van der Waals surface area contributed by atoms with Crippen LogP contribution in [-0.4, -0.2) is 138 Å². The van der Waals surface area contributed by atoms with E-state index in [1.807, 2.05) is 13.8 Å². The van der Waals surface area contributed by atoms with Gasteiger partial charge >= 0.3 is 35.7 Å². The Morgan fingerprint density at radius 3 is 1.00 bits per heavy atom. The van der Waals surface area contributed by atoms with Crippen molar-refractivity contribution in [1.29, 1.82) is 0 Å². The number of ether oxygens (including phenoxy) is 2. The van der Waals surface area contributed by atoms with Crippen LogP contribution in [0.1, 0.15) is 42.6 Å². The van der Waals surface area contributed by atoms with Crippen LogP contribution < -0.4 is 18.3 Å². The Bertz CT molecular complexity index is 1250. The number of carbonyl (C=O) groups excluding carboxylic acids is 1. The standard InChI is InChI=1S/C31H54O17Si4/c1-15-29(49(33-3,34-4)35-5)45-23-17-19-25(27(21-23)47-51(39-9,40-10)41-11)31(32)26-20-18-24(22-28(26)48-52(42-12,43-13)44-14)46-30(16-2)50(36-6,37-7)38-8/h17-22,29-30H,15-16H2,1-14H3. The first-order chi connectivity index (χ1) is 24.9. The van der Waals surface area contributed by atoms with Crippen LogP contribution >= 0.6 is 0 Å². The Balaban J connectivity index is 2.82. The summed E-state index contributed by atoms with van der Waals surface area (Å²) in [5, 5.41) is 0. The Hall–Kier alpha value is -2.30. The summed E-state index contributed by atoms with van der Waals surface area (Å²) < 4.78 is 92.3. The van der Waals surface area contributed by atoms with Crippen molar-refractivity contribution in [3.05, 3.63) is 47.5 Å². The van der Waals surface area contributed by atoms with E-state index in [1.165, 1.54) is 110 Å². The predicted molar refractivity (Wildman–Crippen MR) is 194 cm³/mol. The van der Waals surface area contributed by atoms with Crippen LogP contribution in [0.25, 0.3) is 0 Å². The number of hydrogen-bond donors (Lipinski definition) is 0. The van der Waals surface area contributed by atoms with Gasteiger partial charge in [0.05, 0.1) is 11.1 Å². The van der Waals surface area contributed by atoms with E-state index in [9.17, 15) is 4.79 Å². The van der Waals surface area contributed by atoms with Crippen LogP contribution in [-0.2, 0) is 53.1 Å². The minimum atomic E-state index is -3.80. The number of rotatable bonds is 26. The molecule has 2 aromatic carbocycles. The van der Waals surface area contributed by atoms with Gasteiger partial charge in [0, 0.05) is 97.5 Å². The first kappa shape index (κ1) is 45.9. The van der Waals surface area contributed by atoms with E-state index >= 15 is 0 Å². The highest BCUT2D eigenvalue weighted by molar-refractivity contribution is 6.62. The molecule has 0 spiro atoms. The first-order valence-corrected chi connectivity index (χ1v) is 22.9. The van der Waals surface area contributed by atoms with Gasteiger partial charge < -0.3 is 71.4 Å². The van der Waals surface area contributed by atoms with E-state index in [-0.39, 0.29) is 22.6 Å². The van der Waals surface area contributed by atoms with E-state index in [0.29, 0.717) is 24.3 Å². The maximum absolute atomic E-state index is 14.6. The molecule has 0 amide bonds. The molecule has 0 fully saturated rings. The Kier molecular flexibility index (Phi) is 18.5. The molecule has 2 atom stereocenters. The summed E-state index contributed by atoms with van der Waals surface area (Å²) in [6.45, 7) is 3.81. The summed E-state index contributed by atoms with van der Waals surface area (Å²) in [4.78, 5) is 14.6. The zero-order valence-corrected chi connectivity index (χ0v) is 36.5. The molecule has 0 aliphatic rings. The van der Waals surface area contributed by atoms with Gasteiger partial charge in [-0.1, -0.05) is 13.8 Å². The van der Waals surface area contributed by atoms with Crippen LogP contribution in [0.3, 0.4) is 0 Å². The van der Waals surface area contributed by atoms with Crippen molar-refractivity contribution < 1.29 is 76.2 Å². The van der Waals surface area contributed by atoms with E-state index in [0.717, 1.165) is 0 Å². The highest BCUT2D eigenvalue weighted by Gasteiger charge is 2.51. The number of hydrogen-bond acceptors (Lipinski definition) is 17. The number of carbonyl (C=O) groups is 1. The zero-order valence-electron chi connectivity index (χ0n) is 32.5. The lowest BCUT2D eigenvalue weighted by Crippen LogP contribution is -2.56. The van der Waals surface area contributed by atoms with Crippen molar-refractivity contribution in [1.82, 2.24) is 0 Å². The molecule has 0 aromatic heterocycles. The molecule has 0 heterocycles. The van der Waals surface area contributed by atoms with Crippen molar-refractivity contribution in [3.8, 4) is 23.0 Å². The van der Waals surface area contributed by atoms with Crippen molar-refractivity contribution in [3.63, 3.8) is 0 Å². The van der Waals surface area contributed by atoms with Crippen LogP contribution in [0.4, 0.5) is 0 Å². The summed E-state index contributed by atoms with van der Waals surface area (Å²) >= 11 is 0. The van der Waals surface area contributed by atoms with Crippen molar-refractivity contribution in [2.75, 3.05) is 85.3 Å². The molecule has 0 N–H and O–H groups in total. The molecule has 52 heavy (non-hydrogen) atoms. The Morgan fingerprint density at radius 1 is 0.481 bits per heavy atom. The maximum Gasteiger partial charge on any atom is 0.748 e. The van der Waals surface area contributed by atoms with Crippen molar-refractivity contribution in [2.45, 2.75) is 38.1 Å². The molecule has 0 saturated heterocycles. The molecule has 2 aromatic rings. The summed E-state index contributed by atoms with van der Waals surface area (Å²) in [7, 11) is 3.07. The lowest BCUT2D eigenvalue weighted by Gasteiger charge is -2.32. The second-order valence-electron chi connectivity index (χ2n) is 10.5. The molecule has 2 unspecified atom stereocenters. The van der Waals surface area contributed by atoms with Crippen LogP contribution in [0, 0.1) is 0 Å². The highest BCUT2D eigenvalue weighted by Crippen LogP contribution is 2.36. The quantitative estimate of drug-likeness (QED) is 0.1000. The van der Waals surface area contributed by atoms with Crippen LogP contribution in [0.5, 0.6) is 23.0 Å². The van der Waals surface area contributed by atoms with Crippen LogP contribution in [0.15, 0.2) is 36.4 Å². The average Bonchev–Trinajstić information content (AvgIpc) is 3.19. The molecule has 0 aliphatic carbocycles. The fraction of sp³-hybridized carbons (Fsp3) is 0.581. The summed E-state index contributed by atoms with van der Waals surface area (Å²) in [6, 6.07) is 9.29. The van der Waals surface area contributed by atoms with Gasteiger partial charge in [-0.3, -0.25) is 4.79 Å². The molecule has 296 valence electrons. The lowest BCUT2D eigenvalue weighted by molar-refractivity contribution is 0.0499. The molecule has 2 rings (SSSR count). The SMILES string of the molecule is CCC(Oc1ccc(C(=O)c2ccc(OC(CC)[Si](OC)(OC)OC)cc2O[Si](OC)(OC)OC)c(O[Si](OC)(OC)OC)c1)[Si](OC)(OC)OC. The van der Waals surface area contributed by atoms with Crippen molar-refractivity contribution in [2.24, 2.45) is 0 Å². The minimum Gasteiger partial charge on any atom is -0.486 e. The van der Waals surface area contributed by atoms with Gasteiger partial charge in [0.1, 0.15) is 23.0 Å². The first-order valence-electron chi connectivity index (χ1n) is 16.0. The van der Waals surface area contributed by atoms with Gasteiger partial charge in [0.25, 0.3) is 0 Å². The summed E-state index contributed by atoms with van der Waals surface area (Å²) in [5.74, 6) is 0.131. The number of benzene rings is 2. The van der Waals surface area contributed by atoms with E-state index in [2.05, 4.69) is 0 Å². The van der Waals surface area contributed by atoms with E-state index < -0.39 is 52.9 Å². The van der Waals surface area contributed by atoms with Crippen LogP contribution in [0.2, 0.25) is 0 Å². The molecule has 17 nitrogen and oxygen atoms in total. The predicted octanol–water partition coefficient (Wildman–Crippen LogP) is 3.57. The number of ketones is 1. The second-order valence-corrected chi connectivity index (χ2v) is 21.5. The topological polar surface area (TPSA) is 165 Å². The third-order valence-electron chi connectivity index (χ3n) is 8.16. The van der Waals surface area contributed by atoms with E-state index in [4.69, 9.17) is 71.4 Å². The lowest BCUT2D eigenvalue weighted by atomic mass is 10.0. The normalized spacial score (nSPS) is 13.8. The summed E-state index contributed by atoms with van der Waals surface area (Å²) in [5.41, 5.74) is -1.07.